The fraction of sp³-hybridized carbons (Fsp3) is 0.455. The molecule has 0 saturated heterocycles. The number of hydrogen-bond donors (Lipinski definition) is 2. The Balaban J connectivity index is 2.47. The highest BCUT2D eigenvalue weighted by Gasteiger charge is 2.07. The third-order valence-corrected chi connectivity index (χ3v) is 2.19. The quantitative estimate of drug-likeness (QED) is 0.699. The molecule has 16 heavy (non-hydrogen) atoms. The van der Waals surface area contributed by atoms with Gasteiger partial charge in [0.05, 0.1) is 13.0 Å². The van der Waals surface area contributed by atoms with Crippen molar-refractivity contribution in [3.05, 3.63) is 30.1 Å². The summed E-state index contributed by atoms with van der Waals surface area (Å²) < 4.78 is 0. The molecule has 88 valence electrons. The summed E-state index contributed by atoms with van der Waals surface area (Å²) in [6.07, 6.45) is 3.52. The smallest absolute Gasteiger partial charge is 0.304 e. The topological polar surface area (TPSA) is 73.7 Å². The van der Waals surface area contributed by atoms with Crippen molar-refractivity contribution in [2.45, 2.75) is 13.0 Å². The van der Waals surface area contributed by atoms with Gasteiger partial charge < -0.3 is 10.2 Å². The van der Waals surface area contributed by atoms with Crippen LogP contribution in [0.3, 0.4) is 0 Å². The summed E-state index contributed by atoms with van der Waals surface area (Å²) in [6.45, 7) is 1.55. The van der Waals surface area contributed by atoms with Crippen molar-refractivity contribution in [3.8, 4) is 0 Å². The number of carbonyl (C=O) groups is 1. The van der Waals surface area contributed by atoms with Gasteiger partial charge in [-0.2, -0.15) is 0 Å². The first-order chi connectivity index (χ1) is 7.72. The largest absolute Gasteiger partial charge is 0.481 e. The van der Waals surface area contributed by atoms with Crippen LogP contribution in [0.2, 0.25) is 0 Å². The third-order valence-electron chi connectivity index (χ3n) is 2.19. The van der Waals surface area contributed by atoms with Crippen molar-refractivity contribution in [1.82, 2.24) is 9.88 Å². The normalized spacial score (nSPS) is 10.6. The number of aromatic nitrogens is 1. The van der Waals surface area contributed by atoms with E-state index in [0.717, 1.165) is 5.56 Å². The second-order valence-electron chi connectivity index (χ2n) is 3.50. The maximum Gasteiger partial charge on any atom is 0.304 e. The molecule has 5 heteroatoms. The molecule has 1 heterocycles. The van der Waals surface area contributed by atoms with Gasteiger partial charge in [0.15, 0.2) is 0 Å². The van der Waals surface area contributed by atoms with Crippen LogP contribution in [-0.4, -0.2) is 45.8 Å². The maximum absolute atomic E-state index is 10.5. The van der Waals surface area contributed by atoms with Crippen LogP contribution >= 0.6 is 0 Å². The van der Waals surface area contributed by atoms with Crippen molar-refractivity contribution < 1.29 is 15.0 Å². The minimum atomic E-state index is -0.825. The number of aliphatic hydroxyl groups excluding tert-OH is 1. The first-order valence-electron chi connectivity index (χ1n) is 5.16. The van der Waals surface area contributed by atoms with E-state index in [4.69, 9.17) is 10.2 Å². The maximum atomic E-state index is 10.5. The molecule has 0 atom stereocenters. The second-order valence-corrected chi connectivity index (χ2v) is 3.50. The van der Waals surface area contributed by atoms with Crippen molar-refractivity contribution in [2.75, 3.05) is 19.7 Å². The summed E-state index contributed by atoms with van der Waals surface area (Å²) in [4.78, 5) is 16.3. The molecular weight excluding hydrogens is 208 g/mol. The Kier molecular flexibility index (Phi) is 5.45. The number of aliphatic carboxylic acids is 1. The van der Waals surface area contributed by atoms with Gasteiger partial charge in [0.1, 0.15) is 0 Å². The lowest BCUT2D eigenvalue weighted by atomic mass is 10.2. The second kappa shape index (κ2) is 6.92. The van der Waals surface area contributed by atoms with Gasteiger partial charge in [0.2, 0.25) is 0 Å². The summed E-state index contributed by atoms with van der Waals surface area (Å²) >= 11 is 0. The van der Waals surface area contributed by atoms with Crippen LogP contribution in [0.25, 0.3) is 0 Å². The number of hydrogen-bond acceptors (Lipinski definition) is 4. The fourth-order valence-corrected chi connectivity index (χ4v) is 1.41. The highest BCUT2D eigenvalue weighted by molar-refractivity contribution is 5.66. The van der Waals surface area contributed by atoms with E-state index in [0.29, 0.717) is 19.6 Å². The number of carboxylic acids is 1. The molecular formula is C11H16N2O3. The van der Waals surface area contributed by atoms with Crippen LogP contribution in [0.5, 0.6) is 0 Å². The van der Waals surface area contributed by atoms with Crippen LogP contribution in [0.15, 0.2) is 24.5 Å². The summed E-state index contributed by atoms with van der Waals surface area (Å²) in [5, 5.41) is 17.5. The zero-order valence-electron chi connectivity index (χ0n) is 9.04. The van der Waals surface area contributed by atoms with Gasteiger partial charge in [-0.3, -0.25) is 14.7 Å². The number of rotatable bonds is 7. The van der Waals surface area contributed by atoms with Gasteiger partial charge >= 0.3 is 5.97 Å². The Hall–Kier alpha value is -1.46. The zero-order chi connectivity index (χ0) is 11.8. The molecule has 0 amide bonds. The Morgan fingerprint density at radius 2 is 2.25 bits per heavy atom. The molecule has 0 aliphatic rings. The monoisotopic (exact) mass is 224 g/mol. The van der Waals surface area contributed by atoms with Crippen molar-refractivity contribution in [1.29, 1.82) is 0 Å². The summed E-state index contributed by atoms with van der Waals surface area (Å²) in [5.74, 6) is -0.825. The van der Waals surface area contributed by atoms with E-state index in [1.54, 1.807) is 12.4 Å². The molecule has 1 aromatic heterocycles. The molecule has 0 spiro atoms. The number of aliphatic hydroxyl groups is 1. The van der Waals surface area contributed by atoms with Crippen LogP contribution in [0, 0.1) is 0 Å². The first-order valence-corrected chi connectivity index (χ1v) is 5.16. The van der Waals surface area contributed by atoms with Crippen LogP contribution in [0.4, 0.5) is 0 Å². The van der Waals surface area contributed by atoms with Gasteiger partial charge in [0.25, 0.3) is 0 Å². The van der Waals surface area contributed by atoms with E-state index in [-0.39, 0.29) is 13.0 Å². The first kappa shape index (κ1) is 12.6. The lowest BCUT2D eigenvalue weighted by molar-refractivity contribution is -0.137. The van der Waals surface area contributed by atoms with Gasteiger partial charge in [-0.25, -0.2) is 0 Å². The predicted octanol–water partition coefficient (Wildman–Crippen LogP) is 0.351. The molecule has 0 radical (unpaired) electrons. The van der Waals surface area contributed by atoms with Crippen LogP contribution in [0.1, 0.15) is 12.0 Å². The molecule has 0 saturated carbocycles. The van der Waals surface area contributed by atoms with Crippen molar-refractivity contribution >= 4 is 5.97 Å². The molecule has 0 unspecified atom stereocenters. The highest BCUT2D eigenvalue weighted by Crippen LogP contribution is 2.03. The van der Waals surface area contributed by atoms with Gasteiger partial charge in [-0.05, 0) is 11.6 Å². The fourth-order valence-electron chi connectivity index (χ4n) is 1.41. The molecule has 0 bridgehead atoms. The number of pyridine rings is 1. The summed E-state index contributed by atoms with van der Waals surface area (Å²) in [7, 11) is 0. The third kappa shape index (κ3) is 4.86. The summed E-state index contributed by atoms with van der Waals surface area (Å²) in [5.41, 5.74) is 1.02. The van der Waals surface area contributed by atoms with Crippen molar-refractivity contribution in [2.24, 2.45) is 0 Å². The highest BCUT2D eigenvalue weighted by atomic mass is 16.4. The Morgan fingerprint density at radius 3 is 2.81 bits per heavy atom. The van der Waals surface area contributed by atoms with Crippen LogP contribution < -0.4 is 0 Å². The van der Waals surface area contributed by atoms with E-state index in [1.165, 1.54) is 0 Å². The number of nitrogens with zero attached hydrogens (tertiary/aromatic N) is 2. The van der Waals surface area contributed by atoms with E-state index in [2.05, 4.69) is 4.98 Å². The molecule has 0 aromatic carbocycles. The minimum absolute atomic E-state index is 0.0277. The van der Waals surface area contributed by atoms with Gasteiger partial charge in [-0.15, -0.1) is 0 Å². The number of carboxylic acid groups (broad SMARTS) is 1. The lowest BCUT2D eigenvalue weighted by Crippen LogP contribution is -2.28. The summed E-state index contributed by atoms with van der Waals surface area (Å²) in [6, 6.07) is 3.77. The molecule has 1 rings (SSSR count). The molecule has 0 aliphatic carbocycles. The van der Waals surface area contributed by atoms with Gasteiger partial charge in [-0.1, -0.05) is 6.07 Å². The van der Waals surface area contributed by atoms with E-state index in [1.807, 2.05) is 17.0 Å². The van der Waals surface area contributed by atoms with Crippen LogP contribution in [-0.2, 0) is 11.3 Å². The average molecular weight is 224 g/mol. The van der Waals surface area contributed by atoms with E-state index < -0.39 is 5.97 Å². The Morgan fingerprint density at radius 1 is 1.44 bits per heavy atom. The predicted molar refractivity (Wildman–Crippen MR) is 58.9 cm³/mol. The average Bonchev–Trinajstić information content (AvgIpc) is 2.27. The SMILES string of the molecule is O=C(O)CCN(CCO)Cc1cccnc1. The Labute approximate surface area is 94.4 Å². The zero-order valence-corrected chi connectivity index (χ0v) is 9.04. The van der Waals surface area contributed by atoms with Gasteiger partial charge in [0, 0.05) is 32.0 Å². The molecule has 0 fully saturated rings. The van der Waals surface area contributed by atoms with E-state index >= 15 is 0 Å². The van der Waals surface area contributed by atoms with E-state index in [9.17, 15) is 4.79 Å². The standard InChI is InChI=1S/C11H16N2O3/c14-7-6-13(5-3-11(15)16)9-10-2-1-4-12-8-10/h1-2,4,8,14H,3,5-7,9H2,(H,15,16). The molecule has 0 aliphatic heterocycles. The lowest BCUT2D eigenvalue weighted by Gasteiger charge is -2.20. The van der Waals surface area contributed by atoms with Crippen molar-refractivity contribution in [3.63, 3.8) is 0 Å². The molecule has 1 aromatic rings. The Bertz CT molecular complexity index is 316. The molecule has 2 N–H and O–H groups in total. The minimum Gasteiger partial charge on any atom is -0.481 e. The molecule has 5 nitrogen and oxygen atoms in total.